The Bertz CT molecular complexity index is 4800. The Labute approximate surface area is 390 Å². The smallest absolute Gasteiger partial charge is 0.281 e. The predicted molar refractivity (Wildman–Crippen MR) is 278 cm³/mol. The van der Waals surface area contributed by atoms with Crippen molar-refractivity contribution in [1.29, 1.82) is 0 Å². The van der Waals surface area contributed by atoms with E-state index in [-0.39, 0.29) is 11.5 Å². The number of fused-ring (bicyclic) bond motifs is 20. The van der Waals surface area contributed by atoms with Crippen LogP contribution in [0.1, 0.15) is 16.4 Å². The molecule has 4 aromatic heterocycles. The van der Waals surface area contributed by atoms with Crippen LogP contribution in [0.4, 0.5) is 0 Å². The van der Waals surface area contributed by atoms with E-state index in [1.165, 1.54) is 31.6 Å². The van der Waals surface area contributed by atoms with E-state index < -0.39 is 12.0 Å². The van der Waals surface area contributed by atoms with Gasteiger partial charge < -0.3 is 13.3 Å². The number of para-hydroxylation sites is 2. The third-order valence-electron chi connectivity index (χ3n) is 15.0. The molecule has 2 unspecified atom stereocenters. The Morgan fingerprint density at radius 1 is 0.406 bits per heavy atom. The van der Waals surface area contributed by atoms with Gasteiger partial charge in [-0.15, -0.1) is 0 Å². The van der Waals surface area contributed by atoms with Crippen molar-refractivity contribution in [3.63, 3.8) is 0 Å². The summed E-state index contributed by atoms with van der Waals surface area (Å²) in [6.45, 7) is 0. The summed E-state index contributed by atoms with van der Waals surface area (Å²) in [4.78, 5) is 28.4. The molecule has 2 atom stereocenters. The average molecular weight is 887 g/mol. The molecule has 322 valence electrons. The topological polar surface area (TPSA) is 83.4 Å². The van der Waals surface area contributed by atoms with Crippen LogP contribution in [0.15, 0.2) is 212 Å². The molecule has 5 heterocycles. The summed E-state index contributed by atoms with van der Waals surface area (Å²) in [7, 11) is 0. The van der Waals surface area contributed by atoms with Gasteiger partial charge in [-0.1, -0.05) is 133 Å². The minimum atomic E-state index is -0.532. The lowest BCUT2D eigenvalue weighted by molar-refractivity contribution is 0.0878. The van der Waals surface area contributed by atoms with E-state index in [0.29, 0.717) is 10.9 Å². The monoisotopic (exact) mass is 886 g/mol. The molecule has 0 bridgehead atoms. The maximum atomic E-state index is 14.2. The van der Waals surface area contributed by atoms with Gasteiger partial charge in [-0.3, -0.25) is 14.3 Å². The van der Waals surface area contributed by atoms with Gasteiger partial charge in [0.25, 0.3) is 11.5 Å². The summed E-state index contributed by atoms with van der Waals surface area (Å²) >= 11 is 0. The maximum absolute atomic E-state index is 14.2. The average Bonchev–Trinajstić information content (AvgIpc) is 4.20. The zero-order chi connectivity index (χ0) is 45.2. The molecular formula is C62H34N2O5. The fraction of sp³-hybridized carbons (Fsp3) is 0.0323. The second-order valence-electron chi connectivity index (χ2n) is 18.6. The van der Waals surface area contributed by atoms with Gasteiger partial charge in [0.1, 0.15) is 33.5 Å². The molecule has 0 saturated carbocycles. The Hall–Kier alpha value is -9.20. The van der Waals surface area contributed by atoms with Gasteiger partial charge in [-0.05, 0) is 121 Å². The quantitative estimate of drug-likeness (QED) is 0.165. The molecule has 0 amide bonds. The SMILES string of the molecule is O=C1C2C=CC(c3cccc4oc5ccc(-c6ccc7oc8ccccc8c7c6)cc5c34)=CC2n2c3cc(-c4cccc5c4oc4cc6c7ccccc7c7ccccc7c6cc45)ccc3c(=O)n21. The van der Waals surface area contributed by atoms with Crippen molar-refractivity contribution in [2.24, 2.45) is 5.92 Å². The van der Waals surface area contributed by atoms with Gasteiger partial charge in [-0.2, -0.15) is 4.68 Å². The number of carbonyl (C=O) groups excluding carboxylic acids is 1. The van der Waals surface area contributed by atoms with Crippen LogP contribution in [0.25, 0.3) is 137 Å². The molecule has 1 aliphatic carbocycles. The van der Waals surface area contributed by atoms with Crippen molar-refractivity contribution in [3.05, 3.63) is 210 Å². The molecular weight excluding hydrogens is 853 g/mol. The number of furan rings is 3. The first kappa shape index (κ1) is 37.0. The molecule has 2 aliphatic rings. The molecule has 1 aliphatic heterocycles. The molecule has 16 rings (SSSR count). The van der Waals surface area contributed by atoms with E-state index in [4.69, 9.17) is 13.3 Å². The normalized spacial score (nSPS) is 15.9. The molecule has 7 heteroatoms. The number of hydrogen-bond acceptors (Lipinski definition) is 5. The van der Waals surface area contributed by atoms with E-state index >= 15 is 0 Å². The van der Waals surface area contributed by atoms with E-state index in [1.807, 2.05) is 77.5 Å². The lowest BCUT2D eigenvalue weighted by Crippen LogP contribution is -2.24. The minimum Gasteiger partial charge on any atom is -0.456 e. The summed E-state index contributed by atoms with van der Waals surface area (Å²) < 4.78 is 22.7. The van der Waals surface area contributed by atoms with Crippen molar-refractivity contribution in [2.75, 3.05) is 0 Å². The molecule has 14 aromatic rings. The van der Waals surface area contributed by atoms with Gasteiger partial charge in [-0.25, -0.2) is 0 Å². The van der Waals surface area contributed by atoms with Crippen LogP contribution < -0.4 is 5.56 Å². The van der Waals surface area contributed by atoms with Crippen LogP contribution in [-0.4, -0.2) is 15.3 Å². The van der Waals surface area contributed by atoms with Crippen molar-refractivity contribution < 1.29 is 18.0 Å². The molecule has 0 radical (unpaired) electrons. The van der Waals surface area contributed by atoms with Crippen molar-refractivity contribution >= 4 is 121 Å². The summed E-state index contributed by atoms with van der Waals surface area (Å²) in [5, 5.41) is 13.9. The first-order chi connectivity index (χ1) is 34.0. The molecule has 0 spiro atoms. The molecule has 69 heavy (non-hydrogen) atoms. The largest absolute Gasteiger partial charge is 0.456 e. The number of aromatic nitrogens is 2. The second kappa shape index (κ2) is 13.2. The highest BCUT2D eigenvalue weighted by Gasteiger charge is 2.41. The summed E-state index contributed by atoms with van der Waals surface area (Å²) in [5.74, 6) is -0.768. The minimum absolute atomic E-state index is 0.236. The van der Waals surface area contributed by atoms with Crippen LogP contribution >= 0.6 is 0 Å². The first-order valence-corrected chi connectivity index (χ1v) is 23.3. The zero-order valence-electron chi connectivity index (χ0n) is 36.6. The van der Waals surface area contributed by atoms with Crippen LogP contribution in [0, 0.1) is 5.92 Å². The number of allylic oxidation sites excluding steroid dienone is 4. The maximum Gasteiger partial charge on any atom is 0.281 e. The summed E-state index contributed by atoms with van der Waals surface area (Å²) in [5.41, 5.74) is 11.1. The van der Waals surface area contributed by atoms with Crippen LogP contribution in [0.2, 0.25) is 0 Å². The second-order valence-corrected chi connectivity index (χ2v) is 18.6. The lowest BCUT2D eigenvalue weighted by atomic mass is 9.87. The van der Waals surface area contributed by atoms with Crippen molar-refractivity contribution in [2.45, 2.75) is 6.04 Å². The third kappa shape index (κ3) is 4.95. The lowest BCUT2D eigenvalue weighted by Gasteiger charge is -2.20. The fourth-order valence-electron chi connectivity index (χ4n) is 11.9. The van der Waals surface area contributed by atoms with Gasteiger partial charge in [0.2, 0.25) is 0 Å². The van der Waals surface area contributed by atoms with Crippen molar-refractivity contribution in [1.82, 2.24) is 9.36 Å². The van der Waals surface area contributed by atoms with Crippen molar-refractivity contribution in [3.8, 4) is 22.3 Å². The van der Waals surface area contributed by atoms with E-state index in [1.54, 1.807) is 0 Å². The highest BCUT2D eigenvalue weighted by Crippen LogP contribution is 2.46. The number of nitrogens with zero attached hydrogens (tertiary/aromatic N) is 2. The predicted octanol–water partition coefficient (Wildman–Crippen LogP) is 15.8. The molecule has 0 fully saturated rings. The number of rotatable bonds is 3. The Balaban J connectivity index is 0.832. The van der Waals surface area contributed by atoms with E-state index in [0.717, 1.165) is 105 Å². The fourth-order valence-corrected chi connectivity index (χ4v) is 11.9. The van der Waals surface area contributed by atoms with Gasteiger partial charge in [0.15, 0.2) is 0 Å². The third-order valence-corrected chi connectivity index (χ3v) is 15.0. The molecule has 7 nitrogen and oxygen atoms in total. The molecule has 10 aromatic carbocycles. The first-order valence-electron chi connectivity index (χ1n) is 23.3. The molecule has 0 N–H and O–H groups in total. The summed E-state index contributed by atoms with van der Waals surface area (Å²) in [6.07, 6.45) is 6.13. The van der Waals surface area contributed by atoms with Gasteiger partial charge in [0.05, 0.1) is 22.9 Å². The Morgan fingerprint density at radius 3 is 1.80 bits per heavy atom. The number of benzene rings is 10. The number of carbonyl (C=O) groups is 1. The highest BCUT2D eigenvalue weighted by molar-refractivity contribution is 6.28. The van der Waals surface area contributed by atoms with Crippen LogP contribution in [0.5, 0.6) is 0 Å². The van der Waals surface area contributed by atoms with Gasteiger partial charge in [0, 0.05) is 37.9 Å². The van der Waals surface area contributed by atoms with Gasteiger partial charge >= 0.3 is 0 Å². The van der Waals surface area contributed by atoms with E-state index in [9.17, 15) is 9.59 Å². The highest BCUT2D eigenvalue weighted by atomic mass is 16.3. The standard InChI is InChI=1S/C62H34N2O5/c65-61-45-23-19-35(37-14-8-18-57-59(37)51-28-34(22-26-56(51)68-57)33-21-25-55-49(27-33)43-13-5-6-17-54(43)67-55)29-52(45)63-53-30-36(20-24-46(53)62(66)64(61)63)38-15-7-16-44-50-31-47-41-11-3-1-9-39(41)40-10-2-4-12-42(40)48(47)32-58(50)69-60(38)44/h1-32,45,52H. The molecule has 0 saturated heterocycles. The van der Waals surface area contributed by atoms with Crippen LogP contribution in [0.3, 0.4) is 0 Å². The summed E-state index contributed by atoms with van der Waals surface area (Å²) in [6, 6.07) is 60.3. The zero-order valence-corrected chi connectivity index (χ0v) is 36.6. The van der Waals surface area contributed by atoms with Crippen LogP contribution in [-0.2, 0) is 0 Å². The Kier molecular flexibility index (Phi) is 7.09. The Morgan fingerprint density at radius 2 is 1.00 bits per heavy atom. The van der Waals surface area contributed by atoms with E-state index in [2.05, 4.69) is 121 Å². The number of hydrogen-bond donors (Lipinski definition) is 0.